The zero-order chi connectivity index (χ0) is 13.1. The van der Waals surface area contributed by atoms with E-state index in [1.54, 1.807) is 6.92 Å². The van der Waals surface area contributed by atoms with Crippen molar-refractivity contribution >= 4 is 5.97 Å². The molecule has 1 aromatic carbocycles. The summed E-state index contributed by atoms with van der Waals surface area (Å²) in [5.41, 5.74) is 1.32. The minimum absolute atomic E-state index is 0.0359. The molecule has 0 unspecified atom stereocenters. The van der Waals surface area contributed by atoms with Crippen molar-refractivity contribution in [3.05, 3.63) is 35.9 Å². The van der Waals surface area contributed by atoms with Crippen LogP contribution in [0.3, 0.4) is 0 Å². The standard InChI is InChI=1S/C14H21NO3/c1-2-18-14(16)12-17-11-10-15-9-8-13-6-4-3-5-7-13/h3-7,15H,2,8-12H2,1H3. The van der Waals surface area contributed by atoms with Crippen LogP contribution in [-0.4, -0.2) is 38.9 Å². The van der Waals surface area contributed by atoms with Crippen LogP contribution in [0.5, 0.6) is 0 Å². The lowest BCUT2D eigenvalue weighted by Gasteiger charge is -2.06. The summed E-state index contributed by atoms with van der Waals surface area (Å²) < 4.78 is 9.91. The lowest BCUT2D eigenvalue weighted by Crippen LogP contribution is -2.24. The Morgan fingerprint density at radius 2 is 2.00 bits per heavy atom. The van der Waals surface area contributed by atoms with E-state index in [4.69, 9.17) is 9.47 Å². The molecule has 0 aliphatic rings. The van der Waals surface area contributed by atoms with Crippen molar-refractivity contribution in [2.45, 2.75) is 13.3 Å². The number of hydrogen-bond acceptors (Lipinski definition) is 4. The topological polar surface area (TPSA) is 47.6 Å². The summed E-state index contributed by atoms with van der Waals surface area (Å²) in [6, 6.07) is 10.3. The number of ether oxygens (including phenoxy) is 2. The minimum Gasteiger partial charge on any atom is -0.464 e. The Hall–Kier alpha value is -1.39. The van der Waals surface area contributed by atoms with Crippen molar-refractivity contribution in [1.29, 1.82) is 0 Å². The van der Waals surface area contributed by atoms with E-state index in [1.807, 2.05) is 18.2 Å². The maximum atomic E-state index is 10.9. The molecule has 0 aromatic heterocycles. The molecular formula is C14H21NO3. The number of rotatable bonds is 9. The molecule has 0 radical (unpaired) electrons. The molecule has 0 bridgehead atoms. The molecule has 0 heterocycles. The van der Waals surface area contributed by atoms with Gasteiger partial charge in [-0.1, -0.05) is 30.3 Å². The van der Waals surface area contributed by atoms with E-state index in [-0.39, 0.29) is 12.6 Å². The normalized spacial score (nSPS) is 10.3. The number of esters is 1. The molecule has 100 valence electrons. The van der Waals surface area contributed by atoms with Gasteiger partial charge in [-0.15, -0.1) is 0 Å². The first-order chi connectivity index (χ1) is 8.83. The van der Waals surface area contributed by atoms with Crippen LogP contribution in [0.25, 0.3) is 0 Å². The molecule has 0 saturated carbocycles. The van der Waals surface area contributed by atoms with Gasteiger partial charge in [-0.3, -0.25) is 0 Å². The van der Waals surface area contributed by atoms with E-state index < -0.39 is 0 Å². The molecule has 1 aromatic rings. The maximum absolute atomic E-state index is 10.9. The second kappa shape index (κ2) is 9.62. The summed E-state index contributed by atoms with van der Waals surface area (Å²) in [7, 11) is 0. The fourth-order valence-electron chi connectivity index (χ4n) is 1.50. The number of carbonyl (C=O) groups is 1. The molecule has 0 atom stereocenters. The van der Waals surface area contributed by atoms with Crippen LogP contribution >= 0.6 is 0 Å². The first kappa shape index (κ1) is 14.7. The van der Waals surface area contributed by atoms with Crippen molar-refractivity contribution < 1.29 is 14.3 Å². The largest absolute Gasteiger partial charge is 0.464 e. The van der Waals surface area contributed by atoms with Crippen molar-refractivity contribution in [3.63, 3.8) is 0 Å². The van der Waals surface area contributed by atoms with Crippen LogP contribution in [0.1, 0.15) is 12.5 Å². The van der Waals surface area contributed by atoms with Gasteiger partial charge in [0.05, 0.1) is 13.2 Å². The zero-order valence-corrected chi connectivity index (χ0v) is 10.9. The molecule has 0 aliphatic heterocycles. The Morgan fingerprint density at radius 3 is 2.72 bits per heavy atom. The van der Waals surface area contributed by atoms with Crippen LogP contribution in [0.4, 0.5) is 0 Å². The third-order valence-electron chi connectivity index (χ3n) is 2.38. The van der Waals surface area contributed by atoms with Crippen molar-refractivity contribution in [2.24, 2.45) is 0 Å². The summed E-state index contributed by atoms with van der Waals surface area (Å²) in [5.74, 6) is -0.304. The lowest BCUT2D eigenvalue weighted by atomic mass is 10.1. The summed E-state index contributed by atoms with van der Waals surface area (Å²) in [4.78, 5) is 10.9. The molecule has 4 nitrogen and oxygen atoms in total. The first-order valence-corrected chi connectivity index (χ1v) is 6.31. The molecule has 4 heteroatoms. The number of hydrogen-bond donors (Lipinski definition) is 1. The monoisotopic (exact) mass is 251 g/mol. The Labute approximate surface area is 108 Å². The van der Waals surface area contributed by atoms with E-state index in [0.29, 0.717) is 13.2 Å². The summed E-state index contributed by atoms with van der Waals surface area (Å²) >= 11 is 0. The Bertz CT molecular complexity index is 327. The highest BCUT2D eigenvalue weighted by atomic mass is 16.6. The zero-order valence-electron chi connectivity index (χ0n) is 10.9. The Kier molecular flexibility index (Phi) is 7.84. The van der Waals surface area contributed by atoms with Crippen LogP contribution in [0, 0.1) is 0 Å². The van der Waals surface area contributed by atoms with Gasteiger partial charge in [0.1, 0.15) is 6.61 Å². The molecule has 0 amide bonds. The molecule has 0 aliphatic carbocycles. The number of carbonyl (C=O) groups excluding carboxylic acids is 1. The lowest BCUT2D eigenvalue weighted by molar-refractivity contribution is -0.148. The third-order valence-corrected chi connectivity index (χ3v) is 2.38. The second-order valence-electron chi connectivity index (χ2n) is 3.84. The summed E-state index contributed by atoms with van der Waals surface area (Å²) in [6.07, 6.45) is 0.999. The number of nitrogens with one attached hydrogen (secondary N) is 1. The summed E-state index contributed by atoms with van der Waals surface area (Å²) in [5, 5.41) is 3.26. The Balaban J connectivity index is 1.92. The predicted octanol–water partition coefficient (Wildman–Crippen LogP) is 1.40. The molecule has 0 fully saturated rings. The Morgan fingerprint density at radius 1 is 1.22 bits per heavy atom. The molecule has 18 heavy (non-hydrogen) atoms. The highest BCUT2D eigenvalue weighted by Gasteiger charge is 2.00. The van der Waals surface area contributed by atoms with Crippen LogP contribution in [0.2, 0.25) is 0 Å². The molecule has 1 rings (SSSR count). The quantitative estimate of drug-likeness (QED) is 0.532. The van der Waals surface area contributed by atoms with Gasteiger partial charge in [-0.05, 0) is 25.5 Å². The van der Waals surface area contributed by atoms with E-state index in [0.717, 1.165) is 19.5 Å². The van der Waals surface area contributed by atoms with Gasteiger partial charge < -0.3 is 14.8 Å². The fourth-order valence-corrected chi connectivity index (χ4v) is 1.50. The van der Waals surface area contributed by atoms with Crippen molar-refractivity contribution in [3.8, 4) is 0 Å². The van der Waals surface area contributed by atoms with Crippen molar-refractivity contribution in [2.75, 3.05) is 32.9 Å². The smallest absolute Gasteiger partial charge is 0.332 e. The highest BCUT2D eigenvalue weighted by Crippen LogP contribution is 1.97. The van der Waals surface area contributed by atoms with E-state index in [2.05, 4.69) is 17.4 Å². The molecule has 1 N–H and O–H groups in total. The minimum atomic E-state index is -0.304. The summed E-state index contributed by atoms with van der Waals surface area (Å²) in [6.45, 7) is 4.39. The molecule has 0 spiro atoms. The fraction of sp³-hybridized carbons (Fsp3) is 0.500. The first-order valence-electron chi connectivity index (χ1n) is 6.31. The average Bonchev–Trinajstić information content (AvgIpc) is 2.39. The SMILES string of the molecule is CCOC(=O)COCCNCCc1ccccc1. The van der Waals surface area contributed by atoms with Gasteiger partial charge >= 0.3 is 5.97 Å². The van der Waals surface area contributed by atoms with Gasteiger partial charge in [0, 0.05) is 6.54 Å². The highest BCUT2D eigenvalue weighted by molar-refractivity contribution is 5.70. The van der Waals surface area contributed by atoms with Gasteiger partial charge in [-0.2, -0.15) is 0 Å². The average molecular weight is 251 g/mol. The molecular weight excluding hydrogens is 230 g/mol. The van der Waals surface area contributed by atoms with Gasteiger partial charge in [0.15, 0.2) is 0 Å². The van der Waals surface area contributed by atoms with Gasteiger partial charge in [0.2, 0.25) is 0 Å². The van der Waals surface area contributed by atoms with Crippen molar-refractivity contribution in [1.82, 2.24) is 5.32 Å². The third kappa shape index (κ3) is 7.04. The second-order valence-corrected chi connectivity index (χ2v) is 3.84. The maximum Gasteiger partial charge on any atom is 0.332 e. The van der Waals surface area contributed by atoms with Gasteiger partial charge in [-0.25, -0.2) is 4.79 Å². The van der Waals surface area contributed by atoms with Crippen LogP contribution in [-0.2, 0) is 20.7 Å². The van der Waals surface area contributed by atoms with E-state index >= 15 is 0 Å². The van der Waals surface area contributed by atoms with Crippen LogP contribution < -0.4 is 5.32 Å². The van der Waals surface area contributed by atoms with E-state index in [1.165, 1.54) is 5.56 Å². The van der Waals surface area contributed by atoms with Gasteiger partial charge in [0.25, 0.3) is 0 Å². The van der Waals surface area contributed by atoms with Crippen LogP contribution in [0.15, 0.2) is 30.3 Å². The number of benzene rings is 1. The molecule has 0 saturated heterocycles. The van der Waals surface area contributed by atoms with E-state index in [9.17, 15) is 4.79 Å². The predicted molar refractivity (Wildman–Crippen MR) is 70.5 cm³/mol.